The van der Waals surface area contributed by atoms with Crippen LogP contribution in [-0.4, -0.2) is 33.2 Å². The summed E-state index contributed by atoms with van der Waals surface area (Å²) < 4.78 is 6.71. The molecule has 1 N–H and O–H groups in total. The first-order valence-electron chi connectivity index (χ1n) is 7.48. The number of rotatable bonds is 7. The lowest BCUT2D eigenvalue weighted by atomic mass is 10.1. The highest BCUT2D eigenvalue weighted by molar-refractivity contribution is 7.16. The van der Waals surface area contributed by atoms with Gasteiger partial charge in [0, 0.05) is 11.3 Å². The quantitative estimate of drug-likeness (QED) is 0.785. The van der Waals surface area contributed by atoms with Crippen molar-refractivity contribution in [3.05, 3.63) is 28.7 Å². The molecule has 2 rings (SSSR count). The summed E-state index contributed by atoms with van der Waals surface area (Å²) >= 11 is 1.40. The molecule has 0 spiro atoms. The first-order valence-corrected chi connectivity index (χ1v) is 8.30. The van der Waals surface area contributed by atoms with Gasteiger partial charge in [0.05, 0.1) is 18.7 Å². The van der Waals surface area contributed by atoms with Gasteiger partial charge in [0.25, 0.3) is 0 Å². The summed E-state index contributed by atoms with van der Waals surface area (Å²) in [5, 5.41) is 7.33. The number of ether oxygens (including phenoxy) is 1. The van der Waals surface area contributed by atoms with Crippen molar-refractivity contribution in [1.29, 1.82) is 0 Å². The molecule has 0 aliphatic heterocycles. The highest BCUT2D eigenvalue weighted by atomic mass is 32.1. The first kappa shape index (κ1) is 17.1. The van der Waals surface area contributed by atoms with Crippen LogP contribution in [0.3, 0.4) is 0 Å². The fourth-order valence-corrected chi connectivity index (χ4v) is 3.41. The molecule has 8 heteroatoms. The lowest BCUT2D eigenvalue weighted by molar-refractivity contribution is -0.116. The third-order valence-corrected chi connectivity index (χ3v) is 4.39. The first-order chi connectivity index (χ1) is 11.1. The summed E-state index contributed by atoms with van der Waals surface area (Å²) in [5.74, 6) is -0.560. The van der Waals surface area contributed by atoms with Crippen molar-refractivity contribution < 1.29 is 14.3 Å². The van der Waals surface area contributed by atoms with Crippen LogP contribution in [0.2, 0.25) is 0 Å². The molecule has 0 aliphatic rings. The maximum atomic E-state index is 12.2. The summed E-state index contributed by atoms with van der Waals surface area (Å²) in [7, 11) is 0. The summed E-state index contributed by atoms with van der Waals surface area (Å²) in [4.78, 5) is 29.2. The molecule has 0 unspecified atom stereocenters. The van der Waals surface area contributed by atoms with E-state index in [4.69, 9.17) is 4.74 Å². The number of anilines is 1. The van der Waals surface area contributed by atoms with Crippen molar-refractivity contribution in [2.45, 2.75) is 40.2 Å². The number of aromatic nitrogens is 3. The Kier molecular flexibility index (Phi) is 5.86. The van der Waals surface area contributed by atoms with E-state index in [0.29, 0.717) is 30.1 Å². The van der Waals surface area contributed by atoms with Gasteiger partial charge in [-0.25, -0.2) is 9.78 Å². The average molecular weight is 336 g/mol. The lowest BCUT2D eigenvalue weighted by Gasteiger charge is -2.08. The molecule has 0 fully saturated rings. The predicted molar refractivity (Wildman–Crippen MR) is 87.7 cm³/mol. The van der Waals surface area contributed by atoms with Crippen molar-refractivity contribution in [2.75, 3.05) is 11.9 Å². The standard InChI is InChI=1S/C15H20N4O3S/c1-4-11-10(3)23-14(13(11)15(21)22-5-2)18-12(20)6-7-19-9-16-8-17-19/h8-9H,4-7H2,1-3H3,(H,18,20). The topological polar surface area (TPSA) is 86.1 Å². The number of esters is 1. The number of thiophene rings is 1. The van der Waals surface area contributed by atoms with Crippen molar-refractivity contribution in [3.63, 3.8) is 0 Å². The summed E-state index contributed by atoms with van der Waals surface area (Å²) in [6, 6.07) is 0. The Balaban J connectivity index is 2.11. The molecule has 23 heavy (non-hydrogen) atoms. The van der Waals surface area contributed by atoms with Crippen LogP contribution >= 0.6 is 11.3 Å². The maximum absolute atomic E-state index is 12.2. The minimum atomic E-state index is -0.389. The molecule has 2 heterocycles. The molecule has 0 saturated carbocycles. The maximum Gasteiger partial charge on any atom is 0.341 e. The van der Waals surface area contributed by atoms with Gasteiger partial charge in [0.15, 0.2) is 0 Å². The van der Waals surface area contributed by atoms with Crippen molar-refractivity contribution in [2.24, 2.45) is 0 Å². The van der Waals surface area contributed by atoms with Gasteiger partial charge in [-0.2, -0.15) is 5.10 Å². The fourth-order valence-electron chi connectivity index (χ4n) is 2.27. The van der Waals surface area contributed by atoms with Gasteiger partial charge in [0.2, 0.25) is 5.91 Å². The van der Waals surface area contributed by atoms with E-state index in [0.717, 1.165) is 10.4 Å². The van der Waals surface area contributed by atoms with E-state index in [-0.39, 0.29) is 18.3 Å². The minimum absolute atomic E-state index is 0.171. The van der Waals surface area contributed by atoms with Crippen LogP contribution in [0.5, 0.6) is 0 Å². The van der Waals surface area contributed by atoms with Gasteiger partial charge in [0.1, 0.15) is 17.7 Å². The van der Waals surface area contributed by atoms with Crippen molar-refractivity contribution in [3.8, 4) is 0 Å². The summed E-state index contributed by atoms with van der Waals surface area (Å²) in [6.45, 7) is 6.42. The molecule has 0 saturated heterocycles. The highest BCUT2D eigenvalue weighted by Gasteiger charge is 2.23. The number of carbonyl (C=O) groups excluding carboxylic acids is 2. The highest BCUT2D eigenvalue weighted by Crippen LogP contribution is 2.34. The van der Waals surface area contributed by atoms with Gasteiger partial charge >= 0.3 is 5.97 Å². The number of nitrogens with zero attached hydrogens (tertiary/aromatic N) is 3. The third kappa shape index (κ3) is 4.16. The van der Waals surface area contributed by atoms with Crippen LogP contribution in [0.1, 0.15) is 41.1 Å². The molecule has 1 amide bonds. The van der Waals surface area contributed by atoms with Crippen LogP contribution in [-0.2, 0) is 22.5 Å². The van der Waals surface area contributed by atoms with E-state index in [1.165, 1.54) is 17.7 Å². The Bertz CT molecular complexity index is 679. The number of hydrogen-bond acceptors (Lipinski definition) is 6. The molecule has 0 aliphatic carbocycles. The Morgan fingerprint density at radius 2 is 2.17 bits per heavy atom. The van der Waals surface area contributed by atoms with Crippen LogP contribution in [0.15, 0.2) is 12.7 Å². The SMILES string of the molecule is CCOC(=O)c1c(NC(=O)CCn2cncn2)sc(C)c1CC. The van der Waals surface area contributed by atoms with Crippen LogP contribution in [0, 0.1) is 6.92 Å². The Hall–Kier alpha value is -2.22. The van der Waals surface area contributed by atoms with Gasteiger partial charge in [-0.3, -0.25) is 9.48 Å². The Morgan fingerprint density at radius 3 is 2.78 bits per heavy atom. The number of hydrogen-bond donors (Lipinski definition) is 1. The summed E-state index contributed by atoms with van der Waals surface area (Å²) in [5.41, 5.74) is 1.41. The second-order valence-electron chi connectivity index (χ2n) is 4.87. The van der Waals surface area contributed by atoms with Gasteiger partial charge in [-0.05, 0) is 25.8 Å². The van der Waals surface area contributed by atoms with Crippen molar-refractivity contribution >= 4 is 28.2 Å². The van der Waals surface area contributed by atoms with Crippen molar-refractivity contribution in [1.82, 2.24) is 14.8 Å². The van der Waals surface area contributed by atoms with Gasteiger partial charge < -0.3 is 10.1 Å². The molecule has 7 nitrogen and oxygen atoms in total. The van der Waals surface area contributed by atoms with E-state index in [1.54, 1.807) is 17.9 Å². The second kappa shape index (κ2) is 7.87. The molecule has 0 atom stereocenters. The molecule has 0 bridgehead atoms. The van der Waals surface area contributed by atoms with E-state index in [1.807, 2.05) is 13.8 Å². The van der Waals surface area contributed by atoms with E-state index < -0.39 is 0 Å². The third-order valence-electron chi connectivity index (χ3n) is 3.33. The zero-order valence-electron chi connectivity index (χ0n) is 13.5. The molecule has 0 radical (unpaired) electrons. The molecule has 0 aromatic carbocycles. The number of nitrogens with one attached hydrogen (secondary N) is 1. The Labute approximate surface area is 138 Å². The lowest BCUT2D eigenvalue weighted by Crippen LogP contribution is -2.17. The number of aryl methyl sites for hydroxylation is 2. The zero-order chi connectivity index (χ0) is 16.8. The monoisotopic (exact) mass is 336 g/mol. The zero-order valence-corrected chi connectivity index (χ0v) is 14.3. The Morgan fingerprint density at radius 1 is 1.39 bits per heavy atom. The average Bonchev–Trinajstić information content (AvgIpc) is 3.12. The van der Waals surface area contributed by atoms with Gasteiger partial charge in [-0.15, -0.1) is 11.3 Å². The largest absolute Gasteiger partial charge is 0.462 e. The molecular weight excluding hydrogens is 316 g/mol. The van der Waals surface area contributed by atoms with E-state index in [2.05, 4.69) is 15.4 Å². The second-order valence-corrected chi connectivity index (χ2v) is 6.10. The molecule has 2 aromatic rings. The minimum Gasteiger partial charge on any atom is -0.462 e. The molecular formula is C15H20N4O3S. The van der Waals surface area contributed by atoms with Crippen LogP contribution < -0.4 is 5.32 Å². The van der Waals surface area contributed by atoms with Crippen LogP contribution in [0.4, 0.5) is 5.00 Å². The summed E-state index contributed by atoms with van der Waals surface area (Å²) in [6.07, 6.45) is 3.95. The van der Waals surface area contributed by atoms with Crippen LogP contribution in [0.25, 0.3) is 0 Å². The van der Waals surface area contributed by atoms with E-state index >= 15 is 0 Å². The predicted octanol–water partition coefficient (Wildman–Crippen LogP) is 2.42. The molecule has 2 aromatic heterocycles. The van der Waals surface area contributed by atoms with E-state index in [9.17, 15) is 9.59 Å². The normalized spacial score (nSPS) is 10.6. The number of carbonyl (C=O) groups is 2. The molecule has 124 valence electrons. The van der Waals surface area contributed by atoms with Gasteiger partial charge in [-0.1, -0.05) is 6.92 Å². The fraction of sp³-hybridized carbons (Fsp3) is 0.467. The smallest absolute Gasteiger partial charge is 0.341 e. The number of amides is 1.